The van der Waals surface area contributed by atoms with Gasteiger partial charge in [-0.05, 0) is 24.8 Å². The molecular formula is C17H23N3O4S. The third-order valence-electron chi connectivity index (χ3n) is 4.14. The first kappa shape index (κ1) is 18.0. The van der Waals surface area contributed by atoms with E-state index in [2.05, 4.69) is 10.1 Å². The van der Waals surface area contributed by atoms with Gasteiger partial charge in [0.05, 0.1) is 18.4 Å². The quantitative estimate of drug-likeness (QED) is 0.715. The number of sulfonamides is 1. The Bertz CT molecular complexity index is 776. The molecule has 0 radical (unpaired) electrons. The highest BCUT2D eigenvalue weighted by Gasteiger charge is 2.37. The highest BCUT2D eigenvalue weighted by atomic mass is 32.2. The van der Waals surface area contributed by atoms with Crippen LogP contribution in [0.3, 0.4) is 0 Å². The lowest BCUT2D eigenvalue weighted by Crippen LogP contribution is -2.33. The van der Waals surface area contributed by atoms with E-state index in [0.717, 1.165) is 12.0 Å². The monoisotopic (exact) mass is 365 g/mol. The second-order valence-electron chi connectivity index (χ2n) is 6.11. The Balaban J connectivity index is 1.60. The van der Waals surface area contributed by atoms with Gasteiger partial charge in [-0.15, -0.1) is 0 Å². The number of aromatic nitrogens is 2. The Morgan fingerprint density at radius 2 is 2.08 bits per heavy atom. The molecule has 0 spiro atoms. The molecule has 1 aromatic heterocycles. The third kappa shape index (κ3) is 4.45. The van der Waals surface area contributed by atoms with Crippen LogP contribution in [-0.2, 0) is 28.0 Å². The molecular weight excluding hydrogens is 342 g/mol. The molecule has 1 saturated heterocycles. The van der Waals surface area contributed by atoms with Crippen LogP contribution in [0.25, 0.3) is 0 Å². The SMILES string of the molecule is CCCS(=O)(=O)N1CCCC1c1noc(COCc2ccccc2)n1. The number of rotatable bonds is 8. The number of benzene rings is 1. The lowest BCUT2D eigenvalue weighted by Gasteiger charge is -2.21. The molecule has 7 nitrogen and oxygen atoms in total. The summed E-state index contributed by atoms with van der Waals surface area (Å²) in [5, 5.41) is 3.98. The summed E-state index contributed by atoms with van der Waals surface area (Å²) in [6.45, 7) is 3.04. The van der Waals surface area contributed by atoms with Gasteiger partial charge in [0.15, 0.2) is 5.82 Å². The van der Waals surface area contributed by atoms with E-state index >= 15 is 0 Å². The van der Waals surface area contributed by atoms with Gasteiger partial charge in [0.2, 0.25) is 10.0 Å². The Morgan fingerprint density at radius 3 is 2.84 bits per heavy atom. The van der Waals surface area contributed by atoms with E-state index in [1.54, 1.807) is 0 Å². The van der Waals surface area contributed by atoms with Crippen LogP contribution in [0.15, 0.2) is 34.9 Å². The minimum atomic E-state index is -3.27. The molecule has 2 heterocycles. The summed E-state index contributed by atoms with van der Waals surface area (Å²) in [6.07, 6.45) is 2.12. The van der Waals surface area contributed by atoms with Gasteiger partial charge < -0.3 is 9.26 Å². The van der Waals surface area contributed by atoms with Crippen LogP contribution in [0.1, 0.15) is 49.5 Å². The maximum atomic E-state index is 12.4. The van der Waals surface area contributed by atoms with Crippen molar-refractivity contribution in [2.24, 2.45) is 0 Å². The summed E-state index contributed by atoms with van der Waals surface area (Å²) in [7, 11) is -3.27. The average molecular weight is 365 g/mol. The topological polar surface area (TPSA) is 85.5 Å². The lowest BCUT2D eigenvalue weighted by atomic mass is 10.2. The standard InChI is InChI=1S/C17H23N3O4S/c1-2-11-25(21,22)20-10-6-9-15(20)17-18-16(24-19-17)13-23-12-14-7-4-3-5-8-14/h3-5,7-8,15H,2,6,9-13H2,1H3. The Hall–Kier alpha value is -1.77. The van der Waals surface area contributed by atoms with Crippen molar-refractivity contribution in [1.82, 2.24) is 14.4 Å². The fourth-order valence-corrected chi connectivity index (χ4v) is 4.74. The van der Waals surface area contributed by atoms with Crippen LogP contribution in [0, 0.1) is 0 Å². The summed E-state index contributed by atoms with van der Waals surface area (Å²) < 4.78 is 37.1. The predicted octanol–water partition coefficient (Wildman–Crippen LogP) is 2.66. The first-order chi connectivity index (χ1) is 12.1. The molecule has 1 atom stereocenters. The van der Waals surface area contributed by atoms with E-state index in [0.29, 0.717) is 37.7 Å². The second-order valence-corrected chi connectivity index (χ2v) is 8.15. The van der Waals surface area contributed by atoms with Crippen molar-refractivity contribution in [3.8, 4) is 0 Å². The van der Waals surface area contributed by atoms with E-state index in [9.17, 15) is 8.42 Å². The smallest absolute Gasteiger partial charge is 0.252 e. The predicted molar refractivity (Wildman–Crippen MR) is 92.0 cm³/mol. The molecule has 136 valence electrons. The normalized spacial score (nSPS) is 18.7. The van der Waals surface area contributed by atoms with Gasteiger partial charge in [0.1, 0.15) is 6.61 Å². The van der Waals surface area contributed by atoms with Gasteiger partial charge in [-0.25, -0.2) is 8.42 Å². The van der Waals surface area contributed by atoms with Gasteiger partial charge in [-0.1, -0.05) is 42.4 Å². The second kappa shape index (κ2) is 8.07. The summed E-state index contributed by atoms with van der Waals surface area (Å²) in [5.41, 5.74) is 1.06. The number of nitrogens with zero attached hydrogens (tertiary/aromatic N) is 3. The molecule has 1 aliphatic heterocycles. The molecule has 3 rings (SSSR count). The van der Waals surface area contributed by atoms with Gasteiger partial charge >= 0.3 is 0 Å². The lowest BCUT2D eigenvalue weighted by molar-refractivity contribution is 0.0850. The van der Waals surface area contributed by atoms with Crippen LogP contribution >= 0.6 is 0 Å². The summed E-state index contributed by atoms with van der Waals surface area (Å²) in [4.78, 5) is 4.34. The van der Waals surface area contributed by atoms with E-state index < -0.39 is 10.0 Å². The zero-order chi connectivity index (χ0) is 17.7. The summed E-state index contributed by atoms with van der Waals surface area (Å²) in [5.74, 6) is 0.940. The molecule has 1 aromatic carbocycles. The first-order valence-corrected chi connectivity index (χ1v) is 10.1. The van der Waals surface area contributed by atoms with Crippen molar-refractivity contribution in [3.63, 3.8) is 0 Å². The Morgan fingerprint density at radius 1 is 1.28 bits per heavy atom. The van der Waals surface area contributed by atoms with Crippen molar-refractivity contribution >= 4 is 10.0 Å². The molecule has 0 N–H and O–H groups in total. The zero-order valence-corrected chi connectivity index (χ0v) is 15.1. The van der Waals surface area contributed by atoms with Crippen molar-refractivity contribution in [1.29, 1.82) is 0 Å². The molecule has 0 aliphatic carbocycles. The minimum Gasteiger partial charge on any atom is -0.367 e. The Kier molecular flexibility index (Phi) is 5.82. The van der Waals surface area contributed by atoms with Crippen molar-refractivity contribution in [3.05, 3.63) is 47.6 Å². The van der Waals surface area contributed by atoms with Gasteiger partial charge in [-0.3, -0.25) is 0 Å². The molecule has 0 amide bonds. The van der Waals surface area contributed by atoms with Crippen LogP contribution in [-0.4, -0.2) is 35.2 Å². The van der Waals surface area contributed by atoms with E-state index in [4.69, 9.17) is 9.26 Å². The molecule has 8 heteroatoms. The molecule has 0 bridgehead atoms. The largest absolute Gasteiger partial charge is 0.367 e. The molecule has 25 heavy (non-hydrogen) atoms. The van der Waals surface area contributed by atoms with Gasteiger partial charge in [-0.2, -0.15) is 9.29 Å². The molecule has 1 fully saturated rings. The number of hydrogen-bond donors (Lipinski definition) is 0. The van der Waals surface area contributed by atoms with Crippen molar-refractivity contribution in [2.75, 3.05) is 12.3 Å². The molecule has 2 aromatic rings. The van der Waals surface area contributed by atoms with Crippen LogP contribution in [0.4, 0.5) is 0 Å². The van der Waals surface area contributed by atoms with Gasteiger partial charge in [0.25, 0.3) is 5.89 Å². The van der Waals surface area contributed by atoms with Gasteiger partial charge in [0, 0.05) is 6.54 Å². The van der Waals surface area contributed by atoms with Crippen molar-refractivity contribution < 1.29 is 17.7 Å². The van der Waals surface area contributed by atoms with Crippen LogP contribution < -0.4 is 0 Å². The molecule has 1 unspecified atom stereocenters. The zero-order valence-electron chi connectivity index (χ0n) is 14.3. The fraction of sp³-hybridized carbons (Fsp3) is 0.529. The van der Waals surface area contributed by atoms with E-state index in [1.165, 1.54) is 4.31 Å². The van der Waals surface area contributed by atoms with E-state index in [1.807, 2.05) is 37.3 Å². The highest BCUT2D eigenvalue weighted by molar-refractivity contribution is 7.89. The number of hydrogen-bond acceptors (Lipinski definition) is 6. The molecule has 1 aliphatic rings. The Labute approximate surface area is 148 Å². The fourth-order valence-electron chi connectivity index (χ4n) is 3.00. The highest BCUT2D eigenvalue weighted by Crippen LogP contribution is 2.33. The minimum absolute atomic E-state index is 0.147. The number of ether oxygens (including phenoxy) is 1. The third-order valence-corrected chi connectivity index (χ3v) is 6.22. The van der Waals surface area contributed by atoms with Crippen LogP contribution in [0.5, 0.6) is 0 Å². The van der Waals surface area contributed by atoms with Crippen LogP contribution in [0.2, 0.25) is 0 Å². The van der Waals surface area contributed by atoms with Crippen molar-refractivity contribution in [2.45, 2.75) is 45.4 Å². The average Bonchev–Trinajstić information content (AvgIpc) is 3.25. The molecule has 0 saturated carbocycles. The maximum absolute atomic E-state index is 12.4. The summed E-state index contributed by atoms with van der Waals surface area (Å²) in [6, 6.07) is 9.49. The first-order valence-electron chi connectivity index (χ1n) is 8.54. The summed E-state index contributed by atoms with van der Waals surface area (Å²) >= 11 is 0. The van der Waals surface area contributed by atoms with E-state index in [-0.39, 0.29) is 18.4 Å². The maximum Gasteiger partial charge on any atom is 0.252 e.